The maximum Gasteiger partial charge on any atom is 0.367 e. The van der Waals surface area contributed by atoms with Crippen LogP contribution in [-0.4, -0.2) is 17.6 Å². The highest BCUT2D eigenvalue weighted by Gasteiger charge is 2.71. The van der Waals surface area contributed by atoms with E-state index in [1.807, 2.05) is 13.8 Å². The summed E-state index contributed by atoms with van der Waals surface area (Å²) in [5.41, 5.74) is -0.428. The lowest BCUT2D eigenvalue weighted by Crippen LogP contribution is -2.43. The van der Waals surface area contributed by atoms with Crippen LogP contribution in [0.1, 0.15) is 50.4 Å². The molecule has 9 heteroatoms. The number of oxime groups is 1. The number of fused-ring (bicyclic) bond motifs is 2. The molecule has 33 heavy (non-hydrogen) atoms. The van der Waals surface area contributed by atoms with E-state index in [1.54, 1.807) is 24.3 Å². The van der Waals surface area contributed by atoms with Crippen LogP contribution in [0.5, 0.6) is 0 Å². The summed E-state index contributed by atoms with van der Waals surface area (Å²) >= 11 is 24.6. The molecule has 2 saturated carbocycles. The molecule has 4 rings (SSSR count). The fourth-order valence-electron chi connectivity index (χ4n) is 5.17. The van der Waals surface area contributed by atoms with Gasteiger partial charge in [0, 0.05) is 16.9 Å². The number of hydrogen-bond donors (Lipinski definition) is 1. The number of nitrogens with zero attached hydrogens (tertiary/aromatic N) is 1. The third-order valence-corrected chi connectivity index (χ3v) is 8.94. The van der Waals surface area contributed by atoms with Gasteiger partial charge >= 0.3 is 5.97 Å². The first-order valence-electron chi connectivity index (χ1n) is 10.4. The predicted molar refractivity (Wildman–Crippen MR) is 133 cm³/mol. The van der Waals surface area contributed by atoms with Crippen LogP contribution in [-0.2, 0) is 9.63 Å². The zero-order valence-corrected chi connectivity index (χ0v) is 21.3. The Morgan fingerprint density at radius 3 is 2.27 bits per heavy atom. The Labute approximate surface area is 212 Å². The lowest BCUT2D eigenvalue weighted by molar-refractivity contribution is -0.130. The second-order valence-electron chi connectivity index (χ2n) is 9.31. The van der Waals surface area contributed by atoms with Gasteiger partial charge in [0.15, 0.2) is 0 Å². The van der Waals surface area contributed by atoms with Gasteiger partial charge in [0.05, 0.1) is 37.4 Å². The van der Waals surface area contributed by atoms with Gasteiger partial charge in [-0.2, -0.15) is 0 Å². The summed E-state index contributed by atoms with van der Waals surface area (Å²) in [6.45, 7) is 6.15. The molecule has 2 aliphatic carbocycles. The third-order valence-electron chi connectivity index (χ3n) is 7.76. The van der Waals surface area contributed by atoms with Crippen LogP contribution >= 0.6 is 46.4 Å². The molecule has 0 aromatic heterocycles. The maximum absolute atomic E-state index is 13.6. The van der Waals surface area contributed by atoms with Crippen molar-refractivity contribution in [2.24, 2.45) is 21.4 Å². The monoisotopic (exact) mass is 526 g/mol. The van der Waals surface area contributed by atoms with Gasteiger partial charge in [-0.25, -0.2) is 4.79 Å². The van der Waals surface area contributed by atoms with Crippen molar-refractivity contribution < 1.29 is 14.4 Å². The number of amides is 1. The first kappa shape index (κ1) is 24.3. The number of carbonyl (C=O) groups is 2. The van der Waals surface area contributed by atoms with Gasteiger partial charge in [0.2, 0.25) is 5.91 Å². The van der Waals surface area contributed by atoms with Crippen molar-refractivity contribution in [1.82, 2.24) is 0 Å². The summed E-state index contributed by atoms with van der Waals surface area (Å²) in [7, 11) is 0. The first-order chi connectivity index (χ1) is 15.4. The summed E-state index contributed by atoms with van der Waals surface area (Å²) in [5.74, 6) is -0.863. The largest absolute Gasteiger partial charge is 0.367 e. The van der Waals surface area contributed by atoms with E-state index < -0.39 is 22.2 Å². The average molecular weight is 528 g/mol. The number of para-hydroxylation sites is 1. The van der Waals surface area contributed by atoms with E-state index in [4.69, 9.17) is 51.2 Å². The van der Waals surface area contributed by atoms with Gasteiger partial charge in [-0.05, 0) is 48.6 Å². The van der Waals surface area contributed by atoms with Gasteiger partial charge in [0.1, 0.15) is 0 Å². The molecule has 0 radical (unpaired) electrons. The Hall–Kier alpha value is -1.79. The van der Waals surface area contributed by atoms with E-state index >= 15 is 0 Å². The minimum absolute atomic E-state index is 0.166. The van der Waals surface area contributed by atoms with E-state index in [2.05, 4.69) is 17.4 Å². The number of benzene rings is 2. The van der Waals surface area contributed by atoms with Crippen LogP contribution in [0, 0.1) is 16.2 Å². The van der Waals surface area contributed by atoms with Crippen LogP contribution in [0.2, 0.25) is 20.1 Å². The Morgan fingerprint density at radius 2 is 1.64 bits per heavy atom. The third kappa shape index (κ3) is 3.74. The highest BCUT2D eigenvalue weighted by atomic mass is 35.5. The van der Waals surface area contributed by atoms with E-state index in [0.29, 0.717) is 39.3 Å². The number of halogens is 4. The molecule has 1 N–H and O–H groups in total. The summed E-state index contributed by atoms with van der Waals surface area (Å²) in [4.78, 5) is 31.5. The molecule has 0 aliphatic heterocycles. The minimum atomic E-state index is -0.757. The molecule has 2 bridgehead atoms. The van der Waals surface area contributed by atoms with Crippen LogP contribution in [0.4, 0.5) is 5.69 Å². The van der Waals surface area contributed by atoms with Gasteiger partial charge < -0.3 is 10.2 Å². The molecule has 2 atom stereocenters. The summed E-state index contributed by atoms with van der Waals surface area (Å²) in [5, 5.41) is 8.49. The van der Waals surface area contributed by atoms with Crippen molar-refractivity contribution >= 4 is 69.7 Å². The van der Waals surface area contributed by atoms with Crippen LogP contribution in [0.25, 0.3) is 0 Å². The van der Waals surface area contributed by atoms with E-state index in [9.17, 15) is 9.59 Å². The molecular formula is C24H22Cl4N2O3. The second kappa shape index (κ2) is 8.46. The standard InChI is InChI=1S/C24H22Cl4N2O3/c1-22(2)23(3)9-10-24(22,21(32)29-19-15(26)5-4-6-16(19)27)12-18(23)30-33-20(31)14-8-7-13(25)11-17(14)28/h4-8,11H,9-10,12H2,1-3H3,(H,29,32). The molecule has 0 spiro atoms. The van der Waals surface area contributed by atoms with Crippen molar-refractivity contribution in [3.05, 3.63) is 62.1 Å². The number of rotatable bonds is 4. The Bertz CT molecular complexity index is 1180. The normalized spacial score (nSPS) is 26.5. The lowest BCUT2D eigenvalue weighted by Gasteiger charge is -2.39. The van der Waals surface area contributed by atoms with Gasteiger partial charge in [-0.3, -0.25) is 4.79 Å². The number of anilines is 1. The number of nitrogens with one attached hydrogen (secondary N) is 1. The van der Waals surface area contributed by atoms with Crippen molar-refractivity contribution in [3.63, 3.8) is 0 Å². The molecule has 1 amide bonds. The number of hydrogen-bond acceptors (Lipinski definition) is 4. The van der Waals surface area contributed by atoms with Crippen LogP contribution in [0.15, 0.2) is 41.6 Å². The molecule has 2 aliphatic rings. The molecule has 0 saturated heterocycles. The fourth-order valence-corrected chi connectivity index (χ4v) is 6.15. The zero-order chi connectivity index (χ0) is 24.2. The SMILES string of the molecule is CC12CCC(C(=O)Nc3c(Cl)cccc3Cl)(CC1=NOC(=O)c1ccc(Cl)cc1Cl)C2(C)C. The van der Waals surface area contributed by atoms with Crippen LogP contribution < -0.4 is 5.32 Å². The molecule has 2 aromatic carbocycles. The average Bonchev–Trinajstić information content (AvgIpc) is 3.05. The molecule has 2 aromatic rings. The topological polar surface area (TPSA) is 67.8 Å². The van der Waals surface area contributed by atoms with Crippen molar-refractivity contribution in [3.8, 4) is 0 Å². The van der Waals surface area contributed by atoms with Crippen LogP contribution in [0.3, 0.4) is 0 Å². The van der Waals surface area contributed by atoms with E-state index in [-0.39, 0.29) is 16.5 Å². The summed E-state index contributed by atoms with van der Waals surface area (Å²) in [6, 6.07) is 9.58. The smallest absolute Gasteiger partial charge is 0.323 e. The van der Waals surface area contributed by atoms with E-state index in [1.165, 1.54) is 12.1 Å². The maximum atomic E-state index is 13.6. The van der Waals surface area contributed by atoms with Crippen molar-refractivity contribution in [1.29, 1.82) is 0 Å². The second-order valence-corrected chi connectivity index (χ2v) is 11.0. The molecular weight excluding hydrogens is 506 g/mol. The fraction of sp³-hybridized carbons (Fsp3) is 0.375. The lowest BCUT2D eigenvalue weighted by atomic mass is 9.64. The van der Waals surface area contributed by atoms with Gasteiger partial charge in [0.25, 0.3) is 0 Å². The Kier molecular flexibility index (Phi) is 6.24. The first-order valence-corrected chi connectivity index (χ1v) is 11.9. The Morgan fingerprint density at radius 1 is 0.970 bits per heavy atom. The molecule has 2 fully saturated rings. The van der Waals surface area contributed by atoms with Crippen molar-refractivity contribution in [2.45, 2.75) is 40.0 Å². The highest BCUT2D eigenvalue weighted by molar-refractivity contribution is 6.40. The van der Waals surface area contributed by atoms with Gasteiger partial charge in [-0.1, -0.05) is 78.4 Å². The molecule has 174 valence electrons. The minimum Gasteiger partial charge on any atom is -0.323 e. The molecule has 5 nitrogen and oxygen atoms in total. The van der Waals surface area contributed by atoms with Gasteiger partial charge in [-0.15, -0.1) is 0 Å². The summed E-state index contributed by atoms with van der Waals surface area (Å²) in [6.07, 6.45) is 1.74. The predicted octanol–water partition coefficient (Wildman–Crippen LogP) is 7.67. The Balaban J connectivity index is 1.62. The molecule has 0 heterocycles. The number of carbonyl (C=O) groups excluding carboxylic acids is 2. The zero-order valence-electron chi connectivity index (χ0n) is 18.3. The van der Waals surface area contributed by atoms with Crippen molar-refractivity contribution in [2.75, 3.05) is 5.32 Å². The summed E-state index contributed by atoms with van der Waals surface area (Å²) < 4.78 is 0. The highest BCUT2D eigenvalue weighted by Crippen LogP contribution is 2.71. The quantitative estimate of drug-likeness (QED) is 0.327. The molecule has 2 unspecified atom stereocenters. The van der Waals surface area contributed by atoms with E-state index in [0.717, 1.165) is 6.42 Å².